The number of hydrogen-bond acceptors (Lipinski definition) is 2. The molecule has 0 unspecified atom stereocenters. The molecular formula is C13H17BrOS. The van der Waals surface area contributed by atoms with Gasteiger partial charge in [-0.1, -0.05) is 53.9 Å². The van der Waals surface area contributed by atoms with Crippen LogP contribution in [-0.2, 0) is 0 Å². The summed E-state index contributed by atoms with van der Waals surface area (Å²) in [6.45, 7) is 2.19. The first-order valence-electron chi connectivity index (χ1n) is 5.61. The van der Waals surface area contributed by atoms with Gasteiger partial charge in [0.2, 0.25) is 0 Å². The van der Waals surface area contributed by atoms with Gasteiger partial charge in [-0.2, -0.15) is 11.8 Å². The second-order valence-corrected chi connectivity index (χ2v) is 5.62. The van der Waals surface area contributed by atoms with Crippen molar-refractivity contribution in [2.24, 2.45) is 0 Å². The third kappa shape index (κ3) is 4.71. The van der Waals surface area contributed by atoms with Crippen molar-refractivity contribution in [1.29, 1.82) is 0 Å². The molecule has 0 saturated carbocycles. The van der Waals surface area contributed by atoms with E-state index in [4.69, 9.17) is 0 Å². The van der Waals surface area contributed by atoms with E-state index in [1.807, 2.05) is 24.3 Å². The van der Waals surface area contributed by atoms with E-state index in [2.05, 4.69) is 22.9 Å². The molecule has 1 aromatic rings. The van der Waals surface area contributed by atoms with Crippen molar-refractivity contribution in [2.45, 2.75) is 26.2 Å². The molecular weight excluding hydrogens is 284 g/mol. The SMILES string of the molecule is CCCCCSCC(=O)c1ccccc1Br. The van der Waals surface area contributed by atoms with Gasteiger partial charge in [0.05, 0.1) is 5.75 Å². The second kappa shape index (κ2) is 7.91. The van der Waals surface area contributed by atoms with Gasteiger partial charge in [-0.05, 0) is 18.2 Å². The summed E-state index contributed by atoms with van der Waals surface area (Å²) in [7, 11) is 0. The number of ketones is 1. The minimum absolute atomic E-state index is 0.217. The first-order chi connectivity index (χ1) is 7.75. The van der Waals surface area contributed by atoms with Crippen LogP contribution in [0.5, 0.6) is 0 Å². The molecule has 0 bridgehead atoms. The number of halogens is 1. The van der Waals surface area contributed by atoms with E-state index in [9.17, 15) is 4.79 Å². The van der Waals surface area contributed by atoms with Crippen molar-refractivity contribution in [2.75, 3.05) is 11.5 Å². The van der Waals surface area contributed by atoms with E-state index in [1.54, 1.807) is 11.8 Å². The Morgan fingerprint density at radius 2 is 2.06 bits per heavy atom. The van der Waals surface area contributed by atoms with Gasteiger partial charge in [0.25, 0.3) is 0 Å². The van der Waals surface area contributed by atoms with Crippen LogP contribution in [0.25, 0.3) is 0 Å². The molecule has 0 radical (unpaired) electrons. The summed E-state index contributed by atoms with van der Waals surface area (Å²) in [4.78, 5) is 11.8. The molecule has 16 heavy (non-hydrogen) atoms. The Morgan fingerprint density at radius 3 is 2.75 bits per heavy atom. The molecule has 0 atom stereocenters. The first kappa shape index (κ1) is 13.8. The first-order valence-corrected chi connectivity index (χ1v) is 7.56. The number of carbonyl (C=O) groups is 1. The summed E-state index contributed by atoms with van der Waals surface area (Å²) >= 11 is 5.14. The molecule has 88 valence electrons. The average molecular weight is 301 g/mol. The number of Topliss-reactive ketones (excluding diaryl/α,β-unsaturated/α-hetero) is 1. The Balaban J connectivity index is 2.33. The van der Waals surface area contributed by atoms with Crippen LogP contribution in [0.3, 0.4) is 0 Å². The highest BCUT2D eigenvalue weighted by atomic mass is 79.9. The fourth-order valence-corrected chi connectivity index (χ4v) is 2.78. The standard InChI is InChI=1S/C13H17BrOS/c1-2-3-6-9-16-10-13(15)11-7-4-5-8-12(11)14/h4-5,7-8H,2-3,6,9-10H2,1H3. The number of rotatable bonds is 7. The summed E-state index contributed by atoms with van der Waals surface area (Å²) in [5, 5.41) is 0. The van der Waals surface area contributed by atoms with Gasteiger partial charge in [0.1, 0.15) is 0 Å². The Kier molecular flexibility index (Phi) is 6.81. The Bertz CT molecular complexity index is 338. The molecule has 3 heteroatoms. The van der Waals surface area contributed by atoms with Crippen molar-refractivity contribution >= 4 is 33.5 Å². The summed E-state index contributed by atoms with van der Waals surface area (Å²) in [6.07, 6.45) is 3.71. The van der Waals surface area contributed by atoms with Crippen molar-refractivity contribution in [3.8, 4) is 0 Å². The van der Waals surface area contributed by atoms with Gasteiger partial charge in [0.15, 0.2) is 5.78 Å². The molecule has 1 nitrogen and oxygen atoms in total. The second-order valence-electron chi connectivity index (χ2n) is 3.66. The van der Waals surface area contributed by atoms with E-state index < -0.39 is 0 Å². The summed E-state index contributed by atoms with van der Waals surface area (Å²) in [6, 6.07) is 7.61. The molecule has 0 heterocycles. The van der Waals surface area contributed by atoms with Gasteiger partial charge in [-0.25, -0.2) is 0 Å². The highest BCUT2D eigenvalue weighted by molar-refractivity contribution is 9.10. The van der Waals surface area contributed by atoms with Crippen molar-refractivity contribution in [3.05, 3.63) is 34.3 Å². The van der Waals surface area contributed by atoms with Gasteiger partial charge >= 0.3 is 0 Å². The minimum atomic E-state index is 0.217. The molecule has 1 aromatic carbocycles. The molecule has 1 rings (SSSR count). The normalized spacial score (nSPS) is 10.4. The zero-order valence-electron chi connectivity index (χ0n) is 9.54. The van der Waals surface area contributed by atoms with E-state index in [0.717, 1.165) is 15.8 Å². The third-order valence-corrected chi connectivity index (χ3v) is 4.03. The average Bonchev–Trinajstić information content (AvgIpc) is 2.29. The minimum Gasteiger partial charge on any atom is -0.293 e. The third-order valence-electron chi connectivity index (χ3n) is 2.30. The summed E-state index contributed by atoms with van der Waals surface area (Å²) in [5.41, 5.74) is 0.797. The smallest absolute Gasteiger partial charge is 0.173 e. The number of benzene rings is 1. The van der Waals surface area contributed by atoms with Crippen LogP contribution in [0.2, 0.25) is 0 Å². The molecule has 0 fully saturated rings. The quantitative estimate of drug-likeness (QED) is 0.542. The number of carbonyl (C=O) groups excluding carboxylic acids is 1. The zero-order chi connectivity index (χ0) is 11.8. The Labute approximate surface area is 110 Å². The largest absolute Gasteiger partial charge is 0.293 e. The Morgan fingerprint density at radius 1 is 1.31 bits per heavy atom. The predicted molar refractivity (Wildman–Crippen MR) is 75.3 cm³/mol. The van der Waals surface area contributed by atoms with E-state index in [-0.39, 0.29) is 5.78 Å². The van der Waals surface area contributed by atoms with Gasteiger partial charge < -0.3 is 0 Å². The lowest BCUT2D eigenvalue weighted by molar-refractivity contribution is 0.102. The van der Waals surface area contributed by atoms with E-state index >= 15 is 0 Å². The van der Waals surface area contributed by atoms with Crippen LogP contribution in [0.1, 0.15) is 36.5 Å². The molecule has 0 aliphatic rings. The lowest BCUT2D eigenvalue weighted by Crippen LogP contribution is -2.03. The fourth-order valence-electron chi connectivity index (χ4n) is 1.38. The predicted octanol–water partition coefficient (Wildman–Crippen LogP) is 4.56. The topological polar surface area (TPSA) is 17.1 Å². The van der Waals surface area contributed by atoms with Crippen LogP contribution >= 0.6 is 27.7 Å². The molecule has 0 spiro atoms. The van der Waals surface area contributed by atoms with Crippen molar-refractivity contribution in [3.63, 3.8) is 0 Å². The molecule has 0 aromatic heterocycles. The molecule has 0 aliphatic carbocycles. The molecule has 0 N–H and O–H groups in total. The number of unbranched alkanes of at least 4 members (excludes halogenated alkanes) is 2. The summed E-state index contributed by atoms with van der Waals surface area (Å²) in [5.74, 6) is 1.89. The van der Waals surface area contributed by atoms with Crippen LogP contribution in [-0.4, -0.2) is 17.3 Å². The van der Waals surface area contributed by atoms with E-state index in [1.165, 1.54) is 19.3 Å². The van der Waals surface area contributed by atoms with Crippen molar-refractivity contribution in [1.82, 2.24) is 0 Å². The monoisotopic (exact) mass is 300 g/mol. The summed E-state index contributed by atoms with van der Waals surface area (Å²) < 4.78 is 0.897. The van der Waals surface area contributed by atoms with Crippen LogP contribution in [0.15, 0.2) is 28.7 Å². The highest BCUT2D eigenvalue weighted by Crippen LogP contribution is 2.18. The maximum Gasteiger partial charge on any atom is 0.173 e. The molecule has 0 amide bonds. The maximum absolute atomic E-state index is 11.8. The highest BCUT2D eigenvalue weighted by Gasteiger charge is 2.08. The van der Waals surface area contributed by atoms with Crippen LogP contribution in [0.4, 0.5) is 0 Å². The molecule has 0 saturated heterocycles. The van der Waals surface area contributed by atoms with Crippen LogP contribution < -0.4 is 0 Å². The maximum atomic E-state index is 11.8. The molecule has 0 aliphatic heterocycles. The lowest BCUT2D eigenvalue weighted by Gasteiger charge is -2.03. The lowest BCUT2D eigenvalue weighted by atomic mass is 10.1. The van der Waals surface area contributed by atoms with Gasteiger partial charge in [-0.15, -0.1) is 0 Å². The van der Waals surface area contributed by atoms with Crippen molar-refractivity contribution < 1.29 is 4.79 Å². The van der Waals surface area contributed by atoms with Gasteiger partial charge in [0, 0.05) is 10.0 Å². The van der Waals surface area contributed by atoms with Gasteiger partial charge in [-0.3, -0.25) is 4.79 Å². The zero-order valence-corrected chi connectivity index (χ0v) is 11.9. The van der Waals surface area contributed by atoms with Crippen LogP contribution in [0, 0.1) is 0 Å². The number of hydrogen-bond donors (Lipinski definition) is 0. The van der Waals surface area contributed by atoms with E-state index in [0.29, 0.717) is 5.75 Å². The number of thioether (sulfide) groups is 1. The fraction of sp³-hybridized carbons (Fsp3) is 0.462. The Hall–Kier alpha value is -0.280.